The summed E-state index contributed by atoms with van der Waals surface area (Å²) in [4.78, 5) is 0. The van der Waals surface area contributed by atoms with E-state index in [2.05, 4.69) is 68.0 Å². The zero-order chi connectivity index (χ0) is 9.82. The number of hydrogen-bond acceptors (Lipinski definition) is 0. The molecule has 0 bridgehead atoms. The molecule has 1 aliphatic heterocycles. The standard InChI is InChI=1S/C6H8N2.2ClH.3Cu.H2N/c1-2-6-5-7-3-4-8-6;;;;;;/h3-5H,2H2,1H3;2*1H;;;;1H2/q-2;;;3*+1;-1/p-1. The summed E-state index contributed by atoms with van der Waals surface area (Å²) in [6.07, 6.45) is 6.13. The van der Waals surface area contributed by atoms with Crippen LogP contribution in [0.5, 0.6) is 0 Å². The maximum atomic E-state index is 4.20. The van der Waals surface area contributed by atoms with Crippen molar-refractivity contribution in [2.75, 3.05) is 0 Å². The van der Waals surface area contributed by atoms with Crippen molar-refractivity contribution in [3.63, 3.8) is 0 Å². The van der Waals surface area contributed by atoms with E-state index < -0.39 is 0 Å². The van der Waals surface area contributed by atoms with Gasteiger partial charge in [0, 0.05) is 0 Å². The van der Waals surface area contributed by atoms with Crippen LogP contribution in [0.15, 0.2) is 24.3 Å². The van der Waals surface area contributed by atoms with E-state index >= 15 is 0 Å². The van der Waals surface area contributed by atoms with Crippen LogP contribution in [0.25, 0.3) is 16.8 Å². The third-order valence-electron chi connectivity index (χ3n) is 0.979. The van der Waals surface area contributed by atoms with E-state index in [9.17, 15) is 0 Å². The van der Waals surface area contributed by atoms with Crippen LogP contribution >= 0.6 is 10.1 Å². The summed E-state index contributed by atoms with van der Waals surface area (Å²) in [6.45, 7) is 2.06. The minimum atomic E-state index is 0. The van der Waals surface area contributed by atoms with Crippen molar-refractivity contribution >= 4 is 10.1 Å². The number of hydrogen-bond donors (Lipinski definition) is 0. The number of halogens is 2. The smallest absolute Gasteiger partial charge is 0.693 e. The number of nitrogens with zero attached hydrogens (tertiary/aromatic N) is 2. The molecule has 0 saturated heterocycles. The Morgan fingerprint density at radius 2 is 1.86 bits per heavy atom. The molecule has 0 unspecified atom stereocenters. The Morgan fingerprint density at radius 3 is 2.07 bits per heavy atom. The van der Waals surface area contributed by atoms with Crippen LogP contribution in [0.1, 0.15) is 13.3 Å². The van der Waals surface area contributed by atoms with Crippen molar-refractivity contribution < 1.29 is 57.4 Å². The van der Waals surface area contributed by atoms with E-state index in [-0.39, 0.29) is 23.2 Å². The second-order valence-electron chi connectivity index (χ2n) is 1.55. The molecule has 0 aromatic heterocycles. The SMILES string of the molecule is CCC1=C[N-]C=C[N-]1.[ClH+][Cu].[Cl][Cu].[Cu+].[NH2-]. The van der Waals surface area contributed by atoms with Gasteiger partial charge in [0.25, 0.3) is 0 Å². The van der Waals surface area contributed by atoms with Gasteiger partial charge in [-0.05, 0) is 0 Å². The molecule has 0 fully saturated rings. The number of rotatable bonds is 1. The van der Waals surface area contributed by atoms with Gasteiger partial charge in [0.1, 0.15) is 0 Å². The van der Waals surface area contributed by atoms with E-state index in [1.165, 1.54) is 0 Å². The first-order chi connectivity index (χ1) is 5.93. The Kier molecular flexibility index (Phi) is 41.5. The summed E-state index contributed by atoms with van der Waals surface area (Å²) >= 11 is 7.43. The first kappa shape index (κ1) is 24.4. The molecule has 98 valence electrons. The molecule has 14 heavy (non-hydrogen) atoms. The van der Waals surface area contributed by atoms with Gasteiger partial charge in [-0.3, -0.25) is 0 Å². The van der Waals surface area contributed by atoms with E-state index in [0.717, 1.165) is 12.1 Å². The van der Waals surface area contributed by atoms with Crippen LogP contribution in [0, 0.1) is 10.1 Å². The summed E-state index contributed by atoms with van der Waals surface area (Å²) in [5, 5.41) is 7.93. The minimum Gasteiger partial charge on any atom is -0.693 e. The van der Waals surface area contributed by atoms with Gasteiger partial charge in [-0.25, -0.2) is 0 Å². The molecule has 0 aromatic carbocycles. The van der Waals surface area contributed by atoms with E-state index in [1.807, 2.05) is 0 Å². The zero-order valence-corrected chi connectivity index (χ0v) is 11.5. The number of allylic oxidation sites excluding steroid dienone is 1. The quantitative estimate of drug-likeness (QED) is 0.618. The van der Waals surface area contributed by atoms with Gasteiger partial charge in [0.2, 0.25) is 0 Å². The van der Waals surface area contributed by atoms with E-state index in [0.29, 0.717) is 0 Å². The third kappa shape index (κ3) is 15.6. The Hall–Kier alpha value is 1.18. The Bertz CT molecular complexity index is 144. The second-order valence-corrected chi connectivity index (χ2v) is 1.55. The molecule has 0 spiro atoms. The summed E-state index contributed by atoms with van der Waals surface area (Å²) in [5.74, 6) is 0. The van der Waals surface area contributed by atoms with Crippen LogP contribution in [0.3, 0.4) is 0 Å². The Morgan fingerprint density at radius 1 is 1.36 bits per heavy atom. The average molecular weight is 387 g/mol. The zero-order valence-electron chi connectivity index (χ0n) is 7.10. The van der Waals surface area contributed by atoms with Crippen molar-refractivity contribution in [3.05, 3.63) is 41.1 Å². The molecular weight excluding hydrogens is 376 g/mol. The molecule has 0 saturated carbocycles. The maximum absolute atomic E-state index is 4.20. The van der Waals surface area contributed by atoms with Gasteiger partial charge in [0.15, 0.2) is 0 Å². The summed E-state index contributed by atoms with van der Waals surface area (Å²) in [6, 6.07) is 0. The van der Waals surface area contributed by atoms with Crippen LogP contribution < -0.4 is 0 Å². The van der Waals surface area contributed by atoms with Gasteiger partial charge >= 0.3 is 67.5 Å². The fourth-order valence-electron chi connectivity index (χ4n) is 0.513. The van der Waals surface area contributed by atoms with Crippen LogP contribution in [-0.2, 0) is 47.3 Å². The molecule has 0 amide bonds. The molecule has 0 atom stereocenters. The fourth-order valence-corrected chi connectivity index (χ4v) is 0.513. The molecule has 1 aliphatic rings. The van der Waals surface area contributed by atoms with Crippen LogP contribution in [0.4, 0.5) is 0 Å². The van der Waals surface area contributed by atoms with E-state index in [4.69, 9.17) is 0 Å². The van der Waals surface area contributed by atoms with E-state index in [1.54, 1.807) is 18.6 Å². The predicted octanol–water partition coefficient (Wildman–Crippen LogP) is 3.60. The first-order valence-corrected chi connectivity index (χ1v) is 5.61. The van der Waals surface area contributed by atoms with Crippen LogP contribution in [-0.4, -0.2) is 0 Å². The topological polar surface area (TPSA) is 61.7 Å². The van der Waals surface area contributed by atoms with Crippen molar-refractivity contribution in [2.24, 2.45) is 0 Å². The number of nitrogens with two attached hydrogens (primary N) is 1. The predicted molar refractivity (Wildman–Crippen MR) is 46.8 cm³/mol. The Labute approximate surface area is 121 Å². The summed E-state index contributed by atoms with van der Waals surface area (Å²) in [7, 11) is 7.85. The maximum Gasteiger partial charge on any atom is 1.00 e. The van der Waals surface area contributed by atoms with Gasteiger partial charge in [-0.1, -0.05) is 13.3 Å². The third-order valence-corrected chi connectivity index (χ3v) is 0.979. The second kappa shape index (κ2) is 23.8. The Balaban J connectivity index is -0.0000000750. The minimum absolute atomic E-state index is 0. The van der Waals surface area contributed by atoms with Gasteiger partial charge in [0.05, 0.1) is 0 Å². The molecule has 2 N–H and O–H groups in total. The molecule has 0 aromatic rings. The molecule has 1 heterocycles. The van der Waals surface area contributed by atoms with Gasteiger partial charge in [-0.2, -0.15) is 24.3 Å². The van der Waals surface area contributed by atoms with Crippen molar-refractivity contribution in [1.29, 1.82) is 0 Å². The summed E-state index contributed by atoms with van der Waals surface area (Å²) in [5.41, 5.74) is 1.05. The average Bonchev–Trinajstić information content (AvgIpc) is 2.25. The molecule has 8 heteroatoms. The van der Waals surface area contributed by atoms with Crippen molar-refractivity contribution in [2.45, 2.75) is 13.3 Å². The molecule has 0 aliphatic carbocycles. The largest absolute Gasteiger partial charge is 1.00 e. The molecule has 3 nitrogen and oxygen atoms in total. The first-order valence-electron chi connectivity index (χ1n) is 2.92. The van der Waals surface area contributed by atoms with Gasteiger partial charge in [-0.15, -0.1) is 0 Å². The molecule has 1 rings (SSSR count). The monoisotopic (exact) mass is 384 g/mol. The van der Waals surface area contributed by atoms with Crippen molar-refractivity contribution in [3.8, 4) is 0 Å². The molecular formula is C6H11Cl2Cu3N3-. The van der Waals surface area contributed by atoms with Gasteiger partial charge < -0.3 is 16.8 Å². The molecule has 0 radical (unpaired) electrons. The summed E-state index contributed by atoms with van der Waals surface area (Å²) < 4.78 is 0. The van der Waals surface area contributed by atoms with Crippen molar-refractivity contribution in [1.82, 2.24) is 0 Å². The normalized spacial score (nSPS) is 10.4. The van der Waals surface area contributed by atoms with Crippen LogP contribution in [0.2, 0.25) is 0 Å². The fraction of sp³-hybridized carbons (Fsp3) is 0.333.